The maximum atomic E-state index is 14.8. The van der Waals surface area contributed by atoms with Gasteiger partial charge in [-0.25, -0.2) is 13.8 Å². The first-order chi connectivity index (χ1) is 16.2. The average molecular weight is 521 g/mol. The summed E-state index contributed by atoms with van der Waals surface area (Å²) >= 11 is 13.3. The van der Waals surface area contributed by atoms with Crippen molar-refractivity contribution in [2.24, 2.45) is 0 Å². The average Bonchev–Trinajstić information content (AvgIpc) is 3.19. The molecule has 34 heavy (non-hydrogen) atoms. The van der Waals surface area contributed by atoms with Gasteiger partial charge in [0.1, 0.15) is 21.5 Å². The lowest BCUT2D eigenvalue weighted by Gasteiger charge is -2.29. The molecule has 2 N–H and O–H groups in total. The van der Waals surface area contributed by atoms with Crippen LogP contribution in [0.1, 0.15) is 28.5 Å². The van der Waals surface area contributed by atoms with Crippen molar-refractivity contribution >= 4 is 51.3 Å². The van der Waals surface area contributed by atoms with Gasteiger partial charge in [0.05, 0.1) is 11.1 Å². The molecule has 4 rings (SSSR count). The van der Waals surface area contributed by atoms with E-state index in [1.807, 2.05) is 4.90 Å². The summed E-state index contributed by atoms with van der Waals surface area (Å²) in [6.45, 7) is 4.42. The number of hydrogen-bond acceptors (Lipinski definition) is 5. The van der Waals surface area contributed by atoms with Gasteiger partial charge in [-0.05, 0) is 36.8 Å². The number of terminal acetylenes is 1. The molecule has 1 aliphatic rings. The van der Waals surface area contributed by atoms with E-state index >= 15 is 0 Å². The number of carbonyl (C=O) groups excluding carboxylic acids is 1. The Labute approximate surface area is 210 Å². The number of nitrogens with one attached hydrogen (secondary N) is 2. The van der Waals surface area contributed by atoms with Crippen LogP contribution in [0.3, 0.4) is 0 Å². The van der Waals surface area contributed by atoms with Gasteiger partial charge in [-0.2, -0.15) is 0 Å². The van der Waals surface area contributed by atoms with Crippen LogP contribution in [0.5, 0.6) is 0 Å². The van der Waals surface area contributed by atoms with Crippen molar-refractivity contribution < 1.29 is 13.6 Å². The zero-order valence-electron chi connectivity index (χ0n) is 18.1. The number of carbonyl (C=O) groups is 1. The number of amides is 1. The molecule has 1 aromatic heterocycles. The molecule has 1 amide bonds. The van der Waals surface area contributed by atoms with Crippen LogP contribution in [0.25, 0.3) is 0 Å². The van der Waals surface area contributed by atoms with E-state index in [4.69, 9.17) is 29.6 Å². The number of benzene rings is 2. The molecular weight excluding hydrogens is 501 g/mol. The molecular formula is C24H20Cl2F2N4OS. The highest BCUT2D eigenvalue weighted by Crippen LogP contribution is 2.40. The Morgan fingerprint density at radius 3 is 2.41 bits per heavy atom. The molecule has 1 saturated heterocycles. The fourth-order valence-corrected chi connectivity index (χ4v) is 5.15. The van der Waals surface area contributed by atoms with Gasteiger partial charge in [0.15, 0.2) is 5.13 Å². The topological polar surface area (TPSA) is 57.3 Å². The van der Waals surface area contributed by atoms with E-state index in [1.165, 1.54) is 12.1 Å². The second-order valence-corrected chi connectivity index (χ2v) is 9.93. The first-order valence-electron chi connectivity index (χ1n) is 10.4. The smallest absolute Gasteiger partial charge is 0.263 e. The first-order valence-corrected chi connectivity index (χ1v) is 12.0. The molecule has 0 saturated carbocycles. The number of rotatable bonds is 5. The maximum Gasteiger partial charge on any atom is 0.263 e. The minimum atomic E-state index is -1.01. The third kappa shape index (κ3) is 4.75. The third-order valence-electron chi connectivity index (χ3n) is 5.73. The SMILES string of the molecule is C#C[C@](C)(c1ccc(Cl)cc1)c1nc(NC(=O)c2c(F)cc(N3CCNCC3)cc2F)sc1Cl. The molecule has 0 spiro atoms. The van der Waals surface area contributed by atoms with Gasteiger partial charge in [-0.3, -0.25) is 10.1 Å². The van der Waals surface area contributed by atoms with Crippen LogP contribution in [0.2, 0.25) is 9.36 Å². The number of halogens is 4. The van der Waals surface area contributed by atoms with E-state index in [9.17, 15) is 13.6 Å². The zero-order chi connectivity index (χ0) is 24.5. The van der Waals surface area contributed by atoms with E-state index < -0.39 is 28.5 Å². The molecule has 1 aliphatic heterocycles. The van der Waals surface area contributed by atoms with Gasteiger partial charge in [0.2, 0.25) is 0 Å². The summed E-state index contributed by atoms with van der Waals surface area (Å²) in [7, 11) is 0. The van der Waals surface area contributed by atoms with E-state index in [-0.39, 0.29) is 9.47 Å². The summed E-state index contributed by atoms with van der Waals surface area (Å²) in [5.74, 6) is -0.175. The monoisotopic (exact) mass is 520 g/mol. The number of thiazole rings is 1. The normalized spacial score (nSPS) is 15.5. The minimum absolute atomic E-state index is 0.0745. The van der Waals surface area contributed by atoms with Gasteiger partial charge < -0.3 is 10.2 Å². The van der Waals surface area contributed by atoms with Gasteiger partial charge in [-0.1, -0.05) is 52.6 Å². The second kappa shape index (κ2) is 9.88. The lowest BCUT2D eigenvalue weighted by Crippen LogP contribution is -2.43. The lowest BCUT2D eigenvalue weighted by atomic mass is 9.81. The summed E-state index contributed by atoms with van der Waals surface area (Å²) in [6.07, 6.45) is 5.82. The standard InChI is InChI=1S/C24H20Cl2F2N4OS/c1-3-24(2,14-4-6-15(25)7-5-14)20-21(26)34-23(30-20)31-22(33)19-17(27)12-16(13-18(19)28)32-10-8-29-9-11-32/h1,4-7,12-13,29H,8-11H2,2H3,(H,30,31,33)/t24-/m1/s1. The van der Waals surface area contributed by atoms with Crippen molar-refractivity contribution in [1.29, 1.82) is 0 Å². The third-order valence-corrected chi connectivity index (χ3v) is 7.15. The number of anilines is 2. The summed E-state index contributed by atoms with van der Waals surface area (Å²) in [5, 5.41) is 6.25. The van der Waals surface area contributed by atoms with Crippen LogP contribution in [-0.2, 0) is 5.41 Å². The molecule has 0 bridgehead atoms. The van der Waals surface area contributed by atoms with Gasteiger partial charge in [0.25, 0.3) is 5.91 Å². The van der Waals surface area contributed by atoms with Crippen molar-refractivity contribution in [1.82, 2.24) is 10.3 Å². The predicted molar refractivity (Wildman–Crippen MR) is 133 cm³/mol. The van der Waals surface area contributed by atoms with Gasteiger partial charge in [-0.15, -0.1) is 6.42 Å². The van der Waals surface area contributed by atoms with Crippen molar-refractivity contribution in [2.45, 2.75) is 12.3 Å². The van der Waals surface area contributed by atoms with Gasteiger partial charge >= 0.3 is 0 Å². The van der Waals surface area contributed by atoms with Crippen LogP contribution in [-0.4, -0.2) is 37.1 Å². The van der Waals surface area contributed by atoms with E-state index in [2.05, 4.69) is 21.5 Å². The molecule has 0 radical (unpaired) electrons. The maximum absolute atomic E-state index is 14.8. The Bertz CT molecular complexity index is 1250. The van der Waals surface area contributed by atoms with E-state index in [0.29, 0.717) is 42.6 Å². The number of hydrogen-bond donors (Lipinski definition) is 2. The molecule has 5 nitrogen and oxygen atoms in total. The second-order valence-electron chi connectivity index (χ2n) is 7.89. The molecule has 1 fully saturated rings. The molecule has 10 heteroatoms. The predicted octanol–water partition coefficient (Wildman–Crippen LogP) is 5.33. The minimum Gasteiger partial charge on any atom is -0.369 e. The molecule has 2 heterocycles. The zero-order valence-corrected chi connectivity index (χ0v) is 20.4. The highest BCUT2D eigenvalue weighted by molar-refractivity contribution is 7.19. The molecule has 0 unspecified atom stereocenters. The highest BCUT2D eigenvalue weighted by atomic mass is 35.5. The van der Waals surface area contributed by atoms with Crippen molar-refractivity contribution in [2.75, 3.05) is 36.4 Å². The van der Waals surface area contributed by atoms with Crippen LogP contribution < -0.4 is 15.5 Å². The fraction of sp³-hybridized carbons (Fsp3) is 0.250. The van der Waals surface area contributed by atoms with Crippen LogP contribution in [0, 0.1) is 24.0 Å². The largest absolute Gasteiger partial charge is 0.369 e. The molecule has 176 valence electrons. The Kier molecular flexibility index (Phi) is 7.10. The molecule has 1 atom stereocenters. The van der Waals surface area contributed by atoms with Crippen molar-refractivity contribution in [3.63, 3.8) is 0 Å². The molecule has 0 aliphatic carbocycles. The summed E-state index contributed by atoms with van der Waals surface area (Å²) in [4.78, 5) is 19.0. The first kappa shape index (κ1) is 24.4. The van der Waals surface area contributed by atoms with Gasteiger partial charge in [0, 0.05) is 36.9 Å². The van der Waals surface area contributed by atoms with Crippen molar-refractivity contribution in [3.05, 3.63) is 74.2 Å². The number of nitrogens with zero attached hydrogens (tertiary/aromatic N) is 2. The Balaban J connectivity index is 1.59. The summed E-state index contributed by atoms with van der Waals surface area (Å²) < 4.78 is 29.8. The quantitative estimate of drug-likeness (QED) is 0.446. The summed E-state index contributed by atoms with van der Waals surface area (Å²) in [6, 6.07) is 9.26. The lowest BCUT2D eigenvalue weighted by molar-refractivity contribution is 0.101. The molecule has 3 aromatic rings. The Hall–Kier alpha value is -2.70. The van der Waals surface area contributed by atoms with Crippen LogP contribution in [0.4, 0.5) is 19.6 Å². The van der Waals surface area contributed by atoms with E-state index in [1.54, 1.807) is 31.2 Å². The van der Waals surface area contributed by atoms with Crippen molar-refractivity contribution in [3.8, 4) is 12.3 Å². The number of aromatic nitrogens is 1. The van der Waals surface area contributed by atoms with Crippen LogP contribution >= 0.6 is 34.5 Å². The fourth-order valence-electron chi connectivity index (χ4n) is 3.78. The molecule has 2 aromatic carbocycles. The Morgan fingerprint density at radius 2 is 1.82 bits per heavy atom. The number of piperazine rings is 1. The highest BCUT2D eigenvalue weighted by Gasteiger charge is 2.33. The Morgan fingerprint density at radius 1 is 1.21 bits per heavy atom. The summed E-state index contributed by atoms with van der Waals surface area (Å²) in [5.41, 5.74) is -0.244. The van der Waals surface area contributed by atoms with Crippen LogP contribution in [0.15, 0.2) is 36.4 Å². The van der Waals surface area contributed by atoms with E-state index in [0.717, 1.165) is 16.9 Å².